The minimum atomic E-state index is 0.196. The Kier molecular flexibility index (Phi) is 9.68. The van der Waals surface area contributed by atoms with Crippen LogP contribution < -0.4 is 10.6 Å². The van der Waals surface area contributed by atoms with Crippen molar-refractivity contribution in [1.82, 2.24) is 20.6 Å². The second-order valence-corrected chi connectivity index (χ2v) is 7.33. The molecule has 1 fully saturated rings. The minimum Gasteiger partial charge on any atom is -0.506 e. The number of hydrogen-bond donors (Lipinski definition) is 3. The van der Waals surface area contributed by atoms with Gasteiger partial charge in [0.05, 0.1) is 16.7 Å². The summed E-state index contributed by atoms with van der Waals surface area (Å²) in [5.41, 5.74) is 4.32. The van der Waals surface area contributed by atoms with Crippen molar-refractivity contribution in [3.8, 4) is 0 Å². The Bertz CT molecular complexity index is 878. The SMILES string of the molecule is C1CCNC1.C\C=C(NCc1cc2nccnc2cc1Cl)/C(O)=C\C=C(/C)CC. The van der Waals surface area contributed by atoms with E-state index in [1.807, 2.05) is 32.1 Å². The highest BCUT2D eigenvalue weighted by molar-refractivity contribution is 6.32. The first-order chi connectivity index (χ1) is 14.0. The molecule has 1 aromatic carbocycles. The monoisotopic (exact) mass is 414 g/mol. The highest BCUT2D eigenvalue weighted by Crippen LogP contribution is 2.22. The number of aromatic nitrogens is 2. The van der Waals surface area contributed by atoms with Gasteiger partial charge in [-0.25, -0.2) is 0 Å². The maximum atomic E-state index is 10.2. The van der Waals surface area contributed by atoms with Crippen LogP contribution in [0.25, 0.3) is 11.0 Å². The van der Waals surface area contributed by atoms with E-state index >= 15 is 0 Å². The van der Waals surface area contributed by atoms with Crippen LogP contribution in [0, 0.1) is 0 Å². The molecule has 156 valence electrons. The van der Waals surface area contributed by atoms with E-state index in [0.717, 1.165) is 23.0 Å². The van der Waals surface area contributed by atoms with Gasteiger partial charge in [-0.15, -0.1) is 0 Å². The van der Waals surface area contributed by atoms with Crippen molar-refractivity contribution in [2.45, 2.75) is 46.6 Å². The third kappa shape index (κ3) is 7.52. The van der Waals surface area contributed by atoms with E-state index in [-0.39, 0.29) is 5.76 Å². The van der Waals surface area contributed by atoms with Crippen molar-refractivity contribution in [3.63, 3.8) is 0 Å². The summed E-state index contributed by atoms with van der Waals surface area (Å²) in [5, 5.41) is 17.3. The molecule has 1 aliphatic rings. The Hall–Kier alpha value is -2.37. The molecule has 2 heterocycles. The third-order valence-corrected chi connectivity index (χ3v) is 5.06. The van der Waals surface area contributed by atoms with Gasteiger partial charge in [0.15, 0.2) is 0 Å². The number of aliphatic hydroxyl groups excluding tert-OH is 1. The molecule has 0 aliphatic carbocycles. The Morgan fingerprint density at radius 2 is 1.83 bits per heavy atom. The molecule has 29 heavy (non-hydrogen) atoms. The molecule has 2 aromatic rings. The molecular weight excluding hydrogens is 384 g/mol. The fourth-order valence-corrected chi connectivity index (χ4v) is 2.97. The molecule has 3 rings (SSSR count). The summed E-state index contributed by atoms with van der Waals surface area (Å²) in [5.74, 6) is 0.196. The standard InChI is InChI=1S/C19H22ClN3O.C4H9N/c1-4-13(3)6-7-19(24)16(5-2)23-12-14-10-17-18(11-15(14)20)22-9-8-21-17;1-2-4-5-3-1/h5-11,23-24H,4,12H2,1-3H3;5H,1-4H2/b13-6+,16-5+,19-7+;. The first-order valence-electron chi connectivity index (χ1n) is 10.1. The Labute approximate surface area is 178 Å². The van der Waals surface area contributed by atoms with Gasteiger partial charge in [-0.2, -0.15) is 0 Å². The molecule has 1 aliphatic heterocycles. The topological polar surface area (TPSA) is 70.1 Å². The molecular formula is C23H31ClN4O. The van der Waals surface area contributed by atoms with Crippen LogP contribution >= 0.6 is 11.6 Å². The molecule has 0 spiro atoms. The Balaban J connectivity index is 0.000000521. The van der Waals surface area contributed by atoms with E-state index < -0.39 is 0 Å². The quantitative estimate of drug-likeness (QED) is 0.433. The lowest BCUT2D eigenvalue weighted by Crippen LogP contribution is -2.15. The Morgan fingerprint density at radius 1 is 1.17 bits per heavy atom. The van der Waals surface area contributed by atoms with E-state index in [0.29, 0.717) is 17.3 Å². The molecule has 6 heteroatoms. The maximum Gasteiger partial charge on any atom is 0.138 e. The molecule has 0 unspecified atom stereocenters. The summed E-state index contributed by atoms with van der Waals surface area (Å²) in [4.78, 5) is 8.53. The van der Waals surface area contributed by atoms with Crippen molar-refractivity contribution in [2.24, 2.45) is 0 Å². The average molecular weight is 415 g/mol. The van der Waals surface area contributed by atoms with Crippen LogP contribution in [0.15, 0.2) is 59.8 Å². The van der Waals surface area contributed by atoms with Crippen molar-refractivity contribution in [2.75, 3.05) is 13.1 Å². The lowest BCUT2D eigenvalue weighted by Gasteiger charge is -2.12. The van der Waals surface area contributed by atoms with Gasteiger partial charge >= 0.3 is 0 Å². The number of hydrogen-bond acceptors (Lipinski definition) is 5. The van der Waals surface area contributed by atoms with E-state index in [1.54, 1.807) is 24.5 Å². The predicted molar refractivity (Wildman–Crippen MR) is 122 cm³/mol. The summed E-state index contributed by atoms with van der Waals surface area (Å²) in [6.45, 7) is 8.97. The number of aliphatic hydroxyl groups is 1. The van der Waals surface area contributed by atoms with Gasteiger partial charge in [-0.1, -0.05) is 36.2 Å². The zero-order valence-corrected chi connectivity index (χ0v) is 18.3. The van der Waals surface area contributed by atoms with Crippen LogP contribution in [-0.4, -0.2) is 28.2 Å². The van der Waals surface area contributed by atoms with Crippen molar-refractivity contribution < 1.29 is 5.11 Å². The third-order valence-electron chi connectivity index (χ3n) is 4.71. The smallest absolute Gasteiger partial charge is 0.138 e. The number of allylic oxidation sites excluding steroid dienone is 4. The van der Waals surface area contributed by atoms with Crippen LogP contribution in [-0.2, 0) is 6.54 Å². The van der Waals surface area contributed by atoms with Crippen molar-refractivity contribution >= 4 is 22.6 Å². The van der Waals surface area contributed by atoms with Gasteiger partial charge in [-0.3, -0.25) is 9.97 Å². The zero-order valence-electron chi connectivity index (χ0n) is 17.5. The molecule has 3 N–H and O–H groups in total. The molecule has 0 amide bonds. The van der Waals surface area contributed by atoms with Crippen LogP contribution in [0.2, 0.25) is 5.02 Å². The summed E-state index contributed by atoms with van der Waals surface area (Å²) < 4.78 is 0. The van der Waals surface area contributed by atoms with E-state index in [9.17, 15) is 5.11 Å². The van der Waals surface area contributed by atoms with Crippen LogP contribution in [0.3, 0.4) is 0 Å². The minimum absolute atomic E-state index is 0.196. The normalized spacial score (nSPS) is 15.2. The van der Waals surface area contributed by atoms with Crippen molar-refractivity contribution in [3.05, 3.63) is 70.4 Å². The van der Waals surface area contributed by atoms with Crippen LogP contribution in [0.1, 0.15) is 45.6 Å². The number of fused-ring (bicyclic) bond motifs is 1. The fourth-order valence-electron chi connectivity index (χ4n) is 2.75. The summed E-state index contributed by atoms with van der Waals surface area (Å²) in [7, 11) is 0. The number of rotatable bonds is 6. The first-order valence-corrected chi connectivity index (χ1v) is 10.5. The van der Waals surface area contributed by atoms with Gasteiger partial charge in [0.1, 0.15) is 5.76 Å². The Morgan fingerprint density at radius 3 is 2.38 bits per heavy atom. The summed E-state index contributed by atoms with van der Waals surface area (Å²) in [6.07, 6.45) is 12.5. The van der Waals surface area contributed by atoms with Crippen LogP contribution in [0.5, 0.6) is 0 Å². The predicted octanol–water partition coefficient (Wildman–Crippen LogP) is 5.44. The van der Waals surface area contributed by atoms with E-state index in [1.165, 1.54) is 31.5 Å². The fraction of sp³-hybridized carbons (Fsp3) is 0.391. The highest BCUT2D eigenvalue weighted by atomic mass is 35.5. The number of nitrogens with zero attached hydrogens (tertiary/aromatic N) is 2. The second-order valence-electron chi connectivity index (χ2n) is 6.92. The summed E-state index contributed by atoms with van der Waals surface area (Å²) >= 11 is 6.32. The highest BCUT2D eigenvalue weighted by Gasteiger charge is 2.07. The van der Waals surface area contributed by atoms with Gasteiger partial charge in [0.2, 0.25) is 0 Å². The van der Waals surface area contributed by atoms with Gasteiger partial charge < -0.3 is 15.7 Å². The number of halogens is 1. The molecule has 0 radical (unpaired) electrons. The zero-order chi connectivity index (χ0) is 21.1. The lowest BCUT2D eigenvalue weighted by molar-refractivity contribution is 0.413. The molecule has 1 saturated heterocycles. The van der Waals surface area contributed by atoms with Gasteiger partial charge in [0, 0.05) is 24.0 Å². The molecule has 0 saturated carbocycles. The molecule has 0 atom stereocenters. The van der Waals surface area contributed by atoms with Gasteiger partial charge in [0.25, 0.3) is 0 Å². The second kappa shape index (κ2) is 12.2. The molecule has 5 nitrogen and oxygen atoms in total. The maximum absolute atomic E-state index is 10.2. The van der Waals surface area contributed by atoms with Crippen molar-refractivity contribution in [1.29, 1.82) is 0 Å². The number of benzene rings is 1. The average Bonchev–Trinajstić information content (AvgIpc) is 3.32. The van der Waals surface area contributed by atoms with Gasteiger partial charge in [-0.05, 0) is 70.0 Å². The van der Waals surface area contributed by atoms with E-state index in [4.69, 9.17) is 11.6 Å². The number of nitrogens with one attached hydrogen (secondary N) is 2. The molecule has 0 bridgehead atoms. The molecule has 1 aromatic heterocycles. The summed E-state index contributed by atoms with van der Waals surface area (Å²) in [6, 6.07) is 3.71. The van der Waals surface area contributed by atoms with Crippen LogP contribution in [0.4, 0.5) is 0 Å². The largest absolute Gasteiger partial charge is 0.506 e. The lowest BCUT2D eigenvalue weighted by atomic mass is 10.1. The first kappa shape index (κ1) is 22.9. The van der Waals surface area contributed by atoms with E-state index in [2.05, 4.69) is 27.5 Å².